The molecular weight excluding hydrogens is 248 g/mol. The van der Waals surface area contributed by atoms with E-state index in [4.69, 9.17) is 9.47 Å². The molecule has 0 atom stereocenters. The Balaban J connectivity index is 2.12. The summed E-state index contributed by atoms with van der Waals surface area (Å²) in [6, 6.07) is 12.2. The second-order valence-corrected chi connectivity index (χ2v) is 4.82. The van der Waals surface area contributed by atoms with Crippen LogP contribution in [0.15, 0.2) is 43.0 Å². The molecule has 0 saturated carbocycles. The highest BCUT2D eigenvalue weighted by Crippen LogP contribution is 2.28. The molecule has 0 N–H and O–H groups in total. The first kappa shape index (κ1) is 14.2. The van der Waals surface area contributed by atoms with Gasteiger partial charge in [-0.3, -0.25) is 0 Å². The van der Waals surface area contributed by atoms with E-state index in [-0.39, 0.29) is 0 Å². The van der Waals surface area contributed by atoms with Crippen molar-refractivity contribution in [2.75, 3.05) is 7.11 Å². The first-order chi connectivity index (χ1) is 9.63. The molecule has 0 bridgehead atoms. The summed E-state index contributed by atoms with van der Waals surface area (Å²) in [7, 11) is 1.68. The van der Waals surface area contributed by atoms with Crippen LogP contribution in [-0.2, 0) is 6.61 Å². The molecular formula is C18H20O2. The van der Waals surface area contributed by atoms with Crippen LogP contribution in [0, 0.1) is 13.8 Å². The molecule has 2 nitrogen and oxygen atoms in total. The number of aryl methyl sites for hydroxylation is 2. The average Bonchev–Trinajstić information content (AvgIpc) is 2.46. The van der Waals surface area contributed by atoms with E-state index in [0.717, 1.165) is 33.8 Å². The second-order valence-electron chi connectivity index (χ2n) is 4.82. The Morgan fingerprint density at radius 3 is 2.15 bits per heavy atom. The molecule has 2 aromatic carbocycles. The highest BCUT2D eigenvalue weighted by molar-refractivity contribution is 5.48. The molecule has 20 heavy (non-hydrogen) atoms. The van der Waals surface area contributed by atoms with Crippen molar-refractivity contribution in [2.45, 2.75) is 20.5 Å². The number of hydrogen-bond donors (Lipinski definition) is 0. The Labute approximate surface area is 120 Å². The summed E-state index contributed by atoms with van der Waals surface area (Å²) >= 11 is 0. The van der Waals surface area contributed by atoms with Gasteiger partial charge in [-0.25, -0.2) is 0 Å². The molecule has 0 fully saturated rings. The highest BCUT2D eigenvalue weighted by Gasteiger charge is 2.07. The lowest BCUT2D eigenvalue weighted by atomic mass is 10.1. The van der Waals surface area contributed by atoms with Crippen LogP contribution in [0.3, 0.4) is 0 Å². The fourth-order valence-electron chi connectivity index (χ4n) is 2.16. The summed E-state index contributed by atoms with van der Waals surface area (Å²) in [5.74, 6) is 1.79. The Morgan fingerprint density at radius 1 is 1.05 bits per heavy atom. The highest BCUT2D eigenvalue weighted by atomic mass is 16.5. The largest absolute Gasteiger partial charge is 0.497 e. The molecule has 0 spiro atoms. The molecule has 2 aromatic rings. The van der Waals surface area contributed by atoms with Gasteiger partial charge in [-0.15, -0.1) is 0 Å². The maximum atomic E-state index is 5.95. The first-order valence-electron chi connectivity index (χ1n) is 6.63. The Morgan fingerprint density at radius 2 is 1.65 bits per heavy atom. The van der Waals surface area contributed by atoms with Gasteiger partial charge in [0.1, 0.15) is 18.1 Å². The normalized spacial score (nSPS) is 10.2. The number of hydrogen-bond acceptors (Lipinski definition) is 2. The fourth-order valence-corrected chi connectivity index (χ4v) is 2.16. The van der Waals surface area contributed by atoms with Crippen LogP contribution in [0.25, 0.3) is 6.08 Å². The smallest absolute Gasteiger partial charge is 0.125 e. The van der Waals surface area contributed by atoms with Crippen molar-refractivity contribution in [1.82, 2.24) is 0 Å². The van der Waals surface area contributed by atoms with Crippen LogP contribution in [-0.4, -0.2) is 7.11 Å². The SMILES string of the molecule is C=Cc1ccc(COc2c(C)cc(OC)cc2C)cc1. The van der Waals surface area contributed by atoms with E-state index in [1.54, 1.807) is 7.11 Å². The van der Waals surface area contributed by atoms with Gasteiger partial charge in [-0.05, 0) is 48.2 Å². The van der Waals surface area contributed by atoms with Crippen molar-refractivity contribution in [3.63, 3.8) is 0 Å². The first-order valence-corrected chi connectivity index (χ1v) is 6.63. The number of benzene rings is 2. The zero-order valence-electron chi connectivity index (χ0n) is 12.3. The van der Waals surface area contributed by atoms with Gasteiger partial charge in [0, 0.05) is 0 Å². The predicted octanol–water partition coefficient (Wildman–Crippen LogP) is 4.53. The summed E-state index contributed by atoms with van der Waals surface area (Å²) in [6.07, 6.45) is 1.84. The average molecular weight is 268 g/mol. The molecule has 0 amide bonds. The maximum Gasteiger partial charge on any atom is 0.125 e. The van der Waals surface area contributed by atoms with E-state index in [9.17, 15) is 0 Å². The summed E-state index contributed by atoms with van der Waals surface area (Å²) in [5.41, 5.74) is 4.44. The molecule has 0 heterocycles. The molecule has 0 aliphatic heterocycles. The number of methoxy groups -OCH3 is 1. The minimum absolute atomic E-state index is 0.561. The van der Waals surface area contributed by atoms with Crippen LogP contribution in [0.4, 0.5) is 0 Å². The Hall–Kier alpha value is -2.22. The van der Waals surface area contributed by atoms with Crippen molar-refractivity contribution >= 4 is 6.08 Å². The molecule has 0 aliphatic carbocycles. The third-order valence-corrected chi connectivity index (χ3v) is 3.27. The Kier molecular flexibility index (Phi) is 4.46. The van der Waals surface area contributed by atoms with E-state index >= 15 is 0 Å². The molecule has 0 radical (unpaired) electrons. The topological polar surface area (TPSA) is 18.5 Å². The Bertz CT molecular complexity index is 574. The quantitative estimate of drug-likeness (QED) is 0.793. The number of rotatable bonds is 5. The second kappa shape index (κ2) is 6.29. The summed E-state index contributed by atoms with van der Waals surface area (Å²) in [5, 5.41) is 0. The third-order valence-electron chi connectivity index (χ3n) is 3.27. The van der Waals surface area contributed by atoms with Crippen molar-refractivity contribution in [2.24, 2.45) is 0 Å². The minimum atomic E-state index is 0.561. The monoisotopic (exact) mass is 268 g/mol. The van der Waals surface area contributed by atoms with E-state index < -0.39 is 0 Å². The van der Waals surface area contributed by atoms with Crippen molar-refractivity contribution in [3.8, 4) is 11.5 Å². The van der Waals surface area contributed by atoms with E-state index in [1.165, 1.54) is 0 Å². The van der Waals surface area contributed by atoms with Gasteiger partial charge in [0.05, 0.1) is 7.11 Å². The zero-order valence-corrected chi connectivity index (χ0v) is 12.3. The molecule has 0 aromatic heterocycles. The number of ether oxygens (including phenoxy) is 2. The van der Waals surface area contributed by atoms with E-state index in [1.807, 2.05) is 44.2 Å². The fraction of sp³-hybridized carbons (Fsp3) is 0.222. The molecule has 0 aliphatic rings. The van der Waals surface area contributed by atoms with Crippen molar-refractivity contribution < 1.29 is 9.47 Å². The lowest BCUT2D eigenvalue weighted by Crippen LogP contribution is -1.99. The molecule has 104 valence electrons. The molecule has 0 saturated heterocycles. The van der Waals surface area contributed by atoms with Crippen molar-refractivity contribution in [1.29, 1.82) is 0 Å². The van der Waals surface area contributed by atoms with Crippen LogP contribution in [0.1, 0.15) is 22.3 Å². The lowest BCUT2D eigenvalue weighted by Gasteiger charge is -2.14. The molecule has 2 rings (SSSR count). The third kappa shape index (κ3) is 3.21. The van der Waals surface area contributed by atoms with Crippen LogP contribution in [0.2, 0.25) is 0 Å². The minimum Gasteiger partial charge on any atom is -0.497 e. The lowest BCUT2D eigenvalue weighted by molar-refractivity contribution is 0.301. The maximum absolute atomic E-state index is 5.95. The van der Waals surface area contributed by atoms with Crippen molar-refractivity contribution in [3.05, 3.63) is 65.2 Å². The van der Waals surface area contributed by atoms with Gasteiger partial charge in [0.2, 0.25) is 0 Å². The van der Waals surface area contributed by atoms with Gasteiger partial charge in [-0.1, -0.05) is 36.9 Å². The summed E-state index contributed by atoms with van der Waals surface area (Å²) in [6.45, 7) is 8.38. The van der Waals surface area contributed by atoms with Crippen LogP contribution >= 0.6 is 0 Å². The summed E-state index contributed by atoms with van der Waals surface area (Å²) < 4.78 is 11.2. The van der Waals surface area contributed by atoms with Crippen LogP contribution in [0.5, 0.6) is 11.5 Å². The predicted molar refractivity (Wildman–Crippen MR) is 83.3 cm³/mol. The van der Waals surface area contributed by atoms with E-state index in [0.29, 0.717) is 6.61 Å². The molecule has 0 unspecified atom stereocenters. The van der Waals surface area contributed by atoms with Gasteiger partial charge in [0.25, 0.3) is 0 Å². The molecule has 2 heteroatoms. The van der Waals surface area contributed by atoms with Crippen LogP contribution < -0.4 is 9.47 Å². The van der Waals surface area contributed by atoms with Gasteiger partial charge < -0.3 is 9.47 Å². The standard InChI is InChI=1S/C18H20O2/c1-5-15-6-8-16(9-7-15)12-20-18-13(2)10-17(19-4)11-14(18)3/h5-11H,1,12H2,2-4H3. The van der Waals surface area contributed by atoms with Gasteiger partial charge in [-0.2, -0.15) is 0 Å². The van der Waals surface area contributed by atoms with Gasteiger partial charge in [0.15, 0.2) is 0 Å². The summed E-state index contributed by atoms with van der Waals surface area (Å²) in [4.78, 5) is 0. The zero-order chi connectivity index (χ0) is 14.5. The van der Waals surface area contributed by atoms with Gasteiger partial charge >= 0.3 is 0 Å². The van der Waals surface area contributed by atoms with E-state index in [2.05, 4.69) is 18.7 Å².